The summed E-state index contributed by atoms with van der Waals surface area (Å²) in [5.74, 6) is 1.77. The van der Waals surface area contributed by atoms with Crippen molar-refractivity contribution in [1.82, 2.24) is 0 Å². The Balaban J connectivity index is 1.01. The van der Waals surface area contributed by atoms with Crippen LogP contribution in [0, 0.1) is 11.8 Å². The van der Waals surface area contributed by atoms with Crippen molar-refractivity contribution in [3.05, 3.63) is 95.1 Å². The number of carbonyl (C=O) groups is 2. The first-order valence-electron chi connectivity index (χ1n) is 22.5. The lowest BCUT2D eigenvalue weighted by Gasteiger charge is -2.66. The van der Waals surface area contributed by atoms with Crippen LogP contribution < -0.4 is 37.9 Å². The molecule has 9 aliphatic heterocycles. The van der Waals surface area contributed by atoms with E-state index in [1.807, 2.05) is 62.4 Å². The maximum atomic E-state index is 14.1. The van der Waals surface area contributed by atoms with Gasteiger partial charge in [-0.3, -0.25) is 9.59 Å². The predicted octanol–water partition coefficient (Wildman–Crippen LogP) is 5.79. The number of ether oxygens (including phenoxy) is 14. The van der Waals surface area contributed by atoms with Gasteiger partial charge in [-0.05, 0) is 47.5 Å². The van der Waals surface area contributed by atoms with E-state index in [9.17, 15) is 9.59 Å². The third kappa shape index (κ3) is 10.0. The van der Waals surface area contributed by atoms with Crippen LogP contribution in [-0.2, 0) is 62.1 Å². The van der Waals surface area contributed by atoms with E-state index in [1.54, 1.807) is 24.3 Å². The molecule has 16 bridgehead atoms. The van der Waals surface area contributed by atoms with Gasteiger partial charge in [-0.2, -0.15) is 0 Å². The number of rotatable bonds is 0. The second-order valence-electron chi connectivity index (χ2n) is 16.9. The number of carbonyl (C=O) groups excluding carboxylic acids is 2. The maximum Gasteiger partial charge on any atom is 0.316 e. The Morgan fingerprint density at radius 2 is 0.667 bits per heavy atom. The molecule has 4 aromatic carbocycles. The smallest absolute Gasteiger partial charge is 0.316 e. The van der Waals surface area contributed by atoms with E-state index in [2.05, 4.69) is 0 Å². The van der Waals surface area contributed by atoms with Crippen LogP contribution in [0.1, 0.15) is 36.1 Å². The Morgan fingerprint density at radius 3 is 0.985 bits per heavy atom. The fourth-order valence-corrected chi connectivity index (χ4v) is 9.71. The molecule has 0 spiro atoms. The zero-order valence-electron chi connectivity index (χ0n) is 37.3. The zero-order valence-corrected chi connectivity index (χ0v) is 37.3. The first kappa shape index (κ1) is 45.5. The highest BCUT2D eigenvalue weighted by atomic mass is 16.6. The topological polar surface area (TPSA) is 163 Å². The molecule has 0 N–H and O–H groups in total. The van der Waals surface area contributed by atoms with Crippen LogP contribution in [-0.4, -0.2) is 118 Å². The Hall–Kier alpha value is -5.62. The van der Waals surface area contributed by atoms with Gasteiger partial charge in [0, 0.05) is 46.2 Å². The summed E-state index contributed by atoms with van der Waals surface area (Å²) in [5, 5.41) is 0. The van der Waals surface area contributed by atoms with E-state index < -0.39 is 34.6 Å². The van der Waals surface area contributed by atoms with Gasteiger partial charge in [0.05, 0.1) is 91.1 Å². The molecule has 14 rings (SSSR count). The molecular formula is C50H56O16. The monoisotopic (exact) mass is 912 g/mol. The molecule has 0 saturated heterocycles. The Morgan fingerprint density at radius 1 is 0.364 bits per heavy atom. The summed E-state index contributed by atoms with van der Waals surface area (Å²) in [6.07, 6.45) is 0. The molecule has 1 fully saturated rings. The van der Waals surface area contributed by atoms with Gasteiger partial charge in [0.1, 0.15) is 85.6 Å². The van der Waals surface area contributed by atoms with Crippen molar-refractivity contribution in [2.75, 3.05) is 106 Å². The van der Waals surface area contributed by atoms with Crippen molar-refractivity contribution in [2.45, 2.75) is 37.9 Å². The van der Waals surface area contributed by atoms with Crippen LogP contribution >= 0.6 is 0 Å². The summed E-state index contributed by atoms with van der Waals surface area (Å²) < 4.78 is 83.5. The third-order valence-electron chi connectivity index (χ3n) is 12.5. The molecule has 16 nitrogen and oxygen atoms in total. The van der Waals surface area contributed by atoms with Gasteiger partial charge >= 0.3 is 11.9 Å². The molecule has 0 amide bonds. The van der Waals surface area contributed by atoms with E-state index in [0.717, 1.165) is 22.3 Å². The van der Waals surface area contributed by atoms with Crippen molar-refractivity contribution in [1.29, 1.82) is 0 Å². The lowest BCUT2D eigenvalue weighted by molar-refractivity contribution is -0.184. The summed E-state index contributed by atoms with van der Waals surface area (Å²) >= 11 is 0. The predicted molar refractivity (Wildman–Crippen MR) is 234 cm³/mol. The van der Waals surface area contributed by atoms with E-state index in [4.69, 9.17) is 66.3 Å². The van der Waals surface area contributed by atoms with Gasteiger partial charge in [-0.15, -0.1) is 0 Å². The minimum absolute atomic E-state index is 0.151. The Labute approximate surface area is 383 Å². The van der Waals surface area contributed by atoms with Crippen LogP contribution in [0.15, 0.2) is 72.8 Å². The molecule has 0 atom stereocenters. The van der Waals surface area contributed by atoms with Crippen molar-refractivity contribution >= 4 is 11.9 Å². The van der Waals surface area contributed by atoms with Gasteiger partial charge in [0.25, 0.3) is 0 Å². The summed E-state index contributed by atoms with van der Waals surface area (Å²) in [7, 11) is 0. The lowest BCUT2D eigenvalue weighted by atomic mass is 9.35. The molecule has 352 valence electrons. The summed E-state index contributed by atoms with van der Waals surface area (Å²) in [4.78, 5) is 28.2. The number of benzene rings is 4. The quantitative estimate of drug-likeness (QED) is 0.154. The number of esters is 2. The van der Waals surface area contributed by atoms with Crippen LogP contribution in [0.2, 0.25) is 0 Å². The average molecular weight is 913 g/mol. The van der Waals surface area contributed by atoms with Crippen molar-refractivity contribution < 1.29 is 75.9 Å². The van der Waals surface area contributed by atoms with Crippen molar-refractivity contribution in [2.24, 2.45) is 11.8 Å². The Bertz CT molecular complexity index is 2100. The molecule has 9 heterocycles. The summed E-state index contributed by atoms with van der Waals surface area (Å²) in [6, 6.07) is 21.9. The molecule has 0 aromatic heterocycles. The van der Waals surface area contributed by atoms with Gasteiger partial charge < -0.3 is 66.3 Å². The van der Waals surface area contributed by atoms with Gasteiger partial charge in [0.15, 0.2) is 0 Å². The second-order valence-corrected chi connectivity index (χ2v) is 16.9. The summed E-state index contributed by atoms with van der Waals surface area (Å²) in [6.45, 7) is 9.90. The standard InChI is InChI=1S/C50H56O16/c1-49-41-5-3-35-29-43(41)65-47(51)45(49)50(2)42-6-4-36(30-44(42)66-48(52)46(49)50)64-32-34-25-39-28-40(26-34)62-22-18-58-14-10-54-8-12-56-16-20-60-38-24-33(31-63-35)23-37(27-38)59-19-15-55-11-7-53-9-13-57-17-21-61-39/h3-6,23-30,45-46H,7-22,31-32H2,1-2H3. The normalized spacial score (nSPS) is 25.7. The molecule has 4 aromatic rings. The molecule has 16 heteroatoms. The fraction of sp³-hybridized carbons (Fsp3) is 0.480. The highest BCUT2D eigenvalue weighted by Crippen LogP contribution is 2.71. The zero-order chi connectivity index (χ0) is 45.4. The first-order valence-corrected chi connectivity index (χ1v) is 22.5. The van der Waals surface area contributed by atoms with Crippen LogP contribution in [0.4, 0.5) is 0 Å². The van der Waals surface area contributed by atoms with E-state index in [0.29, 0.717) is 152 Å². The molecule has 10 aliphatic rings. The Kier molecular flexibility index (Phi) is 14.4. The van der Waals surface area contributed by atoms with E-state index in [1.165, 1.54) is 0 Å². The molecular weight excluding hydrogens is 857 g/mol. The molecule has 0 radical (unpaired) electrons. The SMILES string of the molecule is CC12c3ccc4cc3OC(=O)C1C1(C)c3ccc(cc3OC(=O)C21)OCc1cc2cc(c1)OCCOCCOCCOCCOc1cc(cc(c1)OCCOCCOCCOCCO2)CO4. The van der Waals surface area contributed by atoms with Crippen molar-refractivity contribution in [3.8, 4) is 46.0 Å². The molecule has 1 aliphatic carbocycles. The molecule has 0 unspecified atom stereocenters. The fourth-order valence-electron chi connectivity index (χ4n) is 9.71. The van der Waals surface area contributed by atoms with Gasteiger partial charge in [-0.25, -0.2) is 0 Å². The second kappa shape index (κ2) is 20.9. The first-order chi connectivity index (χ1) is 32.3. The van der Waals surface area contributed by atoms with Crippen LogP contribution in [0.3, 0.4) is 0 Å². The van der Waals surface area contributed by atoms with Gasteiger partial charge in [-0.1, -0.05) is 26.0 Å². The summed E-state index contributed by atoms with van der Waals surface area (Å²) in [5.41, 5.74) is 1.23. The van der Waals surface area contributed by atoms with E-state index in [-0.39, 0.29) is 13.2 Å². The lowest BCUT2D eigenvalue weighted by Crippen LogP contribution is -2.75. The van der Waals surface area contributed by atoms with Crippen molar-refractivity contribution in [3.63, 3.8) is 0 Å². The highest BCUT2D eigenvalue weighted by molar-refractivity contribution is 5.94. The average Bonchev–Trinajstić information content (AvgIpc) is 3.29. The molecule has 66 heavy (non-hydrogen) atoms. The van der Waals surface area contributed by atoms with E-state index >= 15 is 0 Å². The van der Waals surface area contributed by atoms with Crippen LogP contribution in [0.25, 0.3) is 0 Å². The molecule has 1 saturated carbocycles. The highest BCUT2D eigenvalue weighted by Gasteiger charge is 2.77. The van der Waals surface area contributed by atoms with Crippen LogP contribution in [0.5, 0.6) is 46.0 Å². The maximum absolute atomic E-state index is 14.1. The minimum Gasteiger partial charge on any atom is -0.491 e. The van der Waals surface area contributed by atoms with Gasteiger partial charge in [0.2, 0.25) is 0 Å². The number of hydrogen-bond donors (Lipinski definition) is 0. The number of hydrogen-bond acceptors (Lipinski definition) is 16. The minimum atomic E-state index is -0.896. The largest absolute Gasteiger partial charge is 0.491 e. The third-order valence-corrected chi connectivity index (χ3v) is 12.5.